The highest BCUT2D eigenvalue weighted by Crippen LogP contribution is 2.28. The molecule has 6 heteroatoms. The first-order valence-electron chi connectivity index (χ1n) is 8.09. The lowest BCUT2D eigenvalue weighted by Crippen LogP contribution is -2.42. The van der Waals surface area contributed by atoms with Crippen LogP contribution in [0.25, 0.3) is 0 Å². The molecule has 0 aliphatic carbocycles. The van der Waals surface area contributed by atoms with Crippen molar-refractivity contribution >= 4 is 17.2 Å². The molecule has 24 heavy (non-hydrogen) atoms. The average molecular weight is 348 g/mol. The molecule has 128 valence electrons. The van der Waals surface area contributed by atoms with Crippen LogP contribution in [0.2, 0.25) is 0 Å². The molecule has 0 saturated carbocycles. The maximum atomic E-state index is 13.1. The van der Waals surface area contributed by atoms with Crippen LogP contribution in [0.4, 0.5) is 4.39 Å². The first-order chi connectivity index (χ1) is 11.5. The van der Waals surface area contributed by atoms with E-state index in [2.05, 4.69) is 18.8 Å². The van der Waals surface area contributed by atoms with E-state index in [9.17, 15) is 9.18 Å². The molecular formula is C18H21FN2O2S. The molecule has 1 unspecified atom stereocenters. The van der Waals surface area contributed by atoms with E-state index in [-0.39, 0.29) is 17.8 Å². The molecule has 1 aliphatic heterocycles. The summed E-state index contributed by atoms with van der Waals surface area (Å²) in [5, 5.41) is 0.985. The predicted molar refractivity (Wildman–Crippen MR) is 91.9 cm³/mol. The van der Waals surface area contributed by atoms with Crippen LogP contribution in [-0.4, -0.2) is 35.5 Å². The Morgan fingerprint density at radius 3 is 2.71 bits per heavy atom. The minimum atomic E-state index is -0.274. The molecule has 2 heterocycles. The molecule has 0 bridgehead atoms. The smallest absolute Gasteiger partial charge is 0.266 e. The van der Waals surface area contributed by atoms with Gasteiger partial charge in [-0.3, -0.25) is 4.79 Å². The van der Waals surface area contributed by atoms with Crippen molar-refractivity contribution in [1.29, 1.82) is 0 Å². The van der Waals surface area contributed by atoms with E-state index in [1.807, 2.05) is 11.8 Å². The van der Waals surface area contributed by atoms with E-state index in [1.54, 1.807) is 12.1 Å². The molecule has 2 aromatic rings. The van der Waals surface area contributed by atoms with Gasteiger partial charge in [-0.25, -0.2) is 9.37 Å². The number of aryl methyl sites for hydroxylation is 1. The molecule has 1 aliphatic rings. The second kappa shape index (κ2) is 6.99. The van der Waals surface area contributed by atoms with E-state index in [1.165, 1.54) is 23.5 Å². The number of hydrogen-bond acceptors (Lipinski definition) is 4. The molecule has 1 aromatic heterocycles. The average Bonchev–Trinajstić information content (AvgIpc) is 2.97. The molecule has 1 saturated heterocycles. The standard InChI is InChI=1S/C18H21FN2O2S/c1-11(2)17-20-12(3)16(24-17)18(22)21-8-9-23-15(10-21)13-4-6-14(19)7-5-13/h4-7,11,15H,8-10H2,1-3H3. The number of thiazole rings is 1. The van der Waals surface area contributed by atoms with Crippen molar-refractivity contribution in [2.24, 2.45) is 0 Å². The van der Waals surface area contributed by atoms with E-state index in [4.69, 9.17) is 4.74 Å². The molecule has 1 atom stereocenters. The number of aromatic nitrogens is 1. The molecule has 1 aromatic carbocycles. The summed E-state index contributed by atoms with van der Waals surface area (Å²) in [4.78, 5) is 19.9. The molecule has 0 spiro atoms. The predicted octanol–water partition coefficient (Wildman–Crippen LogP) is 3.93. The molecule has 1 amide bonds. The van der Waals surface area contributed by atoms with Gasteiger partial charge in [-0.05, 0) is 24.6 Å². The van der Waals surface area contributed by atoms with E-state index in [0.717, 1.165) is 16.3 Å². The Kier molecular flexibility index (Phi) is 4.96. The SMILES string of the molecule is Cc1nc(C(C)C)sc1C(=O)N1CCOC(c2ccc(F)cc2)C1. The first-order valence-corrected chi connectivity index (χ1v) is 8.91. The second-order valence-electron chi connectivity index (χ2n) is 6.28. The van der Waals surface area contributed by atoms with Crippen molar-refractivity contribution < 1.29 is 13.9 Å². The number of carbonyl (C=O) groups is 1. The number of nitrogens with zero attached hydrogens (tertiary/aromatic N) is 2. The fourth-order valence-electron chi connectivity index (χ4n) is 2.72. The zero-order valence-electron chi connectivity index (χ0n) is 14.1. The monoisotopic (exact) mass is 348 g/mol. The Labute approximate surface area is 145 Å². The number of morpholine rings is 1. The highest BCUT2D eigenvalue weighted by molar-refractivity contribution is 7.13. The molecule has 4 nitrogen and oxygen atoms in total. The zero-order chi connectivity index (χ0) is 17.3. The van der Waals surface area contributed by atoms with Gasteiger partial charge in [0.25, 0.3) is 5.91 Å². The van der Waals surface area contributed by atoms with Gasteiger partial charge in [0.15, 0.2) is 0 Å². The van der Waals surface area contributed by atoms with Crippen molar-refractivity contribution in [2.45, 2.75) is 32.8 Å². The third-order valence-corrected chi connectivity index (χ3v) is 5.54. The van der Waals surface area contributed by atoms with Gasteiger partial charge in [0.2, 0.25) is 0 Å². The summed E-state index contributed by atoms with van der Waals surface area (Å²) in [7, 11) is 0. The number of ether oxygens (including phenoxy) is 1. The van der Waals surface area contributed by atoms with Gasteiger partial charge in [0, 0.05) is 12.5 Å². The Morgan fingerprint density at radius 2 is 2.08 bits per heavy atom. The molecule has 3 rings (SSSR count). The molecule has 1 fully saturated rings. The summed E-state index contributed by atoms with van der Waals surface area (Å²) < 4.78 is 18.8. The third kappa shape index (κ3) is 3.49. The van der Waals surface area contributed by atoms with Gasteiger partial charge in [-0.15, -0.1) is 11.3 Å². The lowest BCUT2D eigenvalue weighted by molar-refractivity contribution is -0.0227. The van der Waals surface area contributed by atoms with E-state index in [0.29, 0.717) is 30.5 Å². The van der Waals surface area contributed by atoms with Crippen LogP contribution >= 0.6 is 11.3 Å². The van der Waals surface area contributed by atoms with Crippen LogP contribution in [0.5, 0.6) is 0 Å². The topological polar surface area (TPSA) is 42.4 Å². The summed E-state index contributed by atoms with van der Waals surface area (Å²) in [5.74, 6) is 0.0446. The number of halogens is 1. The van der Waals surface area contributed by atoms with Crippen molar-refractivity contribution in [3.05, 3.63) is 51.2 Å². The van der Waals surface area contributed by atoms with Crippen LogP contribution in [0, 0.1) is 12.7 Å². The lowest BCUT2D eigenvalue weighted by atomic mass is 10.1. The maximum Gasteiger partial charge on any atom is 0.266 e. The second-order valence-corrected chi connectivity index (χ2v) is 7.31. The van der Waals surface area contributed by atoms with E-state index < -0.39 is 0 Å². The number of carbonyl (C=O) groups excluding carboxylic acids is 1. The fourth-order valence-corrected chi connectivity index (χ4v) is 3.76. The first kappa shape index (κ1) is 17.0. The van der Waals surface area contributed by atoms with Gasteiger partial charge in [-0.1, -0.05) is 26.0 Å². The van der Waals surface area contributed by atoms with Crippen LogP contribution < -0.4 is 0 Å². The number of amides is 1. The van der Waals surface area contributed by atoms with Gasteiger partial charge in [0.05, 0.1) is 23.9 Å². The highest BCUT2D eigenvalue weighted by Gasteiger charge is 2.28. The van der Waals surface area contributed by atoms with Crippen molar-refractivity contribution in [3.8, 4) is 0 Å². The van der Waals surface area contributed by atoms with Crippen LogP contribution in [-0.2, 0) is 4.74 Å². The fraction of sp³-hybridized carbons (Fsp3) is 0.444. The van der Waals surface area contributed by atoms with Gasteiger partial charge < -0.3 is 9.64 Å². The Balaban J connectivity index is 1.77. The summed E-state index contributed by atoms with van der Waals surface area (Å²) in [6, 6.07) is 6.26. The van der Waals surface area contributed by atoms with Crippen molar-refractivity contribution in [1.82, 2.24) is 9.88 Å². The third-order valence-electron chi connectivity index (χ3n) is 4.10. The maximum absolute atomic E-state index is 13.1. The summed E-state index contributed by atoms with van der Waals surface area (Å²) >= 11 is 1.48. The molecule has 0 radical (unpaired) electrons. The Bertz CT molecular complexity index is 727. The van der Waals surface area contributed by atoms with Gasteiger partial charge in [0.1, 0.15) is 16.8 Å². The Morgan fingerprint density at radius 1 is 1.38 bits per heavy atom. The van der Waals surface area contributed by atoms with E-state index >= 15 is 0 Å². The lowest BCUT2D eigenvalue weighted by Gasteiger charge is -2.33. The van der Waals surface area contributed by atoms with Crippen LogP contribution in [0.15, 0.2) is 24.3 Å². The van der Waals surface area contributed by atoms with Gasteiger partial charge in [-0.2, -0.15) is 0 Å². The number of benzene rings is 1. The van der Waals surface area contributed by atoms with Crippen LogP contribution in [0.3, 0.4) is 0 Å². The zero-order valence-corrected chi connectivity index (χ0v) is 14.9. The van der Waals surface area contributed by atoms with Crippen molar-refractivity contribution in [2.75, 3.05) is 19.7 Å². The largest absolute Gasteiger partial charge is 0.370 e. The number of rotatable bonds is 3. The van der Waals surface area contributed by atoms with Crippen molar-refractivity contribution in [3.63, 3.8) is 0 Å². The minimum absolute atomic E-state index is 0.00677. The quantitative estimate of drug-likeness (QED) is 0.844. The summed E-state index contributed by atoms with van der Waals surface area (Å²) in [6.45, 7) is 7.54. The van der Waals surface area contributed by atoms with Gasteiger partial charge >= 0.3 is 0 Å². The summed E-state index contributed by atoms with van der Waals surface area (Å²) in [5.41, 5.74) is 1.68. The molecule has 0 N–H and O–H groups in total. The number of hydrogen-bond donors (Lipinski definition) is 0. The normalized spacial score (nSPS) is 18.2. The minimum Gasteiger partial charge on any atom is -0.370 e. The highest BCUT2D eigenvalue weighted by atomic mass is 32.1. The molecular weight excluding hydrogens is 327 g/mol. The van der Waals surface area contributed by atoms with Crippen LogP contribution in [0.1, 0.15) is 51.8 Å². The summed E-state index contributed by atoms with van der Waals surface area (Å²) in [6.07, 6.45) is -0.221. The Hall–Kier alpha value is -1.79.